The highest BCUT2D eigenvalue weighted by Gasteiger charge is 2.36. The third kappa shape index (κ3) is 6.69. The van der Waals surface area contributed by atoms with Crippen LogP contribution in [0.15, 0.2) is 24.3 Å². The molecule has 1 fully saturated rings. The maximum Gasteiger partial charge on any atom is 0.408 e. The normalized spacial score (nSPS) is 19.9. The minimum atomic E-state index is -4.36. The van der Waals surface area contributed by atoms with Crippen LogP contribution in [0.5, 0.6) is 0 Å². The van der Waals surface area contributed by atoms with Crippen LogP contribution >= 0.6 is 11.6 Å². The molecule has 0 aliphatic heterocycles. The van der Waals surface area contributed by atoms with E-state index in [4.69, 9.17) is 11.6 Å². The van der Waals surface area contributed by atoms with E-state index >= 15 is 0 Å². The summed E-state index contributed by atoms with van der Waals surface area (Å²) < 4.78 is 63.4. The van der Waals surface area contributed by atoms with Gasteiger partial charge in [-0.05, 0) is 57.6 Å². The summed E-state index contributed by atoms with van der Waals surface area (Å²) in [7, 11) is -3.05. The van der Waals surface area contributed by atoms with Gasteiger partial charge in [0.2, 0.25) is 0 Å². The SMILES string of the molecule is CCn1nc(C(=O)NCC2CCC(S(C)(=O)=O)CC2)c(Cl)c1-c1ccc(NC(C)C(F)(F)F)cc1. The molecule has 35 heavy (non-hydrogen) atoms. The van der Waals surface area contributed by atoms with Crippen molar-refractivity contribution in [1.29, 1.82) is 0 Å². The number of nitrogens with zero attached hydrogens (tertiary/aromatic N) is 2. The van der Waals surface area contributed by atoms with Gasteiger partial charge in [-0.1, -0.05) is 23.7 Å². The average Bonchev–Trinajstić information content (AvgIpc) is 3.13. The first-order valence-corrected chi connectivity index (χ1v) is 13.8. The Morgan fingerprint density at radius 1 is 1.20 bits per heavy atom. The fraction of sp³-hybridized carbons (Fsp3) is 0.565. The van der Waals surface area contributed by atoms with E-state index in [1.54, 1.807) is 16.8 Å². The number of alkyl halides is 3. The Bertz CT molecular complexity index is 1140. The Morgan fingerprint density at radius 2 is 1.80 bits per heavy atom. The number of hydrogen-bond donors (Lipinski definition) is 2. The van der Waals surface area contributed by atoms with Crippen molar-refractivity contribution in [3.05, 3.63) is 35.0 Å². The van der Waals surface area contributed by atoms with Gasteiger partial charge in [0.15, 0.2) is 5.69 Å². The van der Waals surface area contributed by atoms with Crippen LogP contribution in [0.1, 0.15) is 50.0 Å². The van der Waals surface area contributed by atoms with Crippen molar-refractivity contribution in [3.8, 4) is 11.3 Å². The van der Waals surface area contributed by atoms with Gasteiger partial charge >= 0.3 is 6.18 Å². The lowest BCUT2D eigenvalue weighted by Gasteiger charge is -2.27. The molecule has 1 unspecified atom stereocenters. The Balaban J connectivity index is 1.68. The molecule has 3 rings (SSSR count). The molecule has 0 spiro atoms. The summed E-state index contributed by atoms with van der Waals surface area (Å²) in [5.74, 6) is -0.242. The van der Waals surface area contributed by atoms with Crippen LogP contribution in [0, 0.1) is 5.92 Å². The molecule has 1 atom stereocenters. The lowest BCUT2D eigenvalue weighted by atomic mass is 9.89. The molecule has 2 aromatic rings. The molecule has 0 saturated heterocycles. The molecule has 1 aliphatic rings. The second-order valence-corrected chi connectivity index (χ2v) is 11.7. The van der Waals surface area contributed by atoms with Gasteiger partial charge in [-0.3, -0.25) is 9.48 Å². The lowest BCUT2D eigenvalue weighted by Crippen LogP contribution is -2.34. The second-order valence-electron chi connectivity index (χ2n) is 8.99. The number of carbonyl (C=O) groups is 1. The zero-order valence-corrected chi connectivity index (χ0v) is 21.4. The van der Waals surface area contributed by atoms with E-state index < -0.39 is 28.0 Å². The molecule has 1 aromatic heterocycles. The van der Waals surface area contributed by atoms with Crippen LogP contribution in [0.2, 0.25) is 5.02 Å². The summed E-state index contributed by atoms with van der Waals surface area (Å²) in [6.45, 7) is 3.72. The number of benzene rings is 1. The molecule has 0 bridgehead atoms. The van der Waals surface area contributed by atoms with Crippen LogP contribution in [0.3, 0.4) is 0 Å². The molecule has 1 heterocycles. The maximum absolute atomic E-state index is 12.8. The summed E-state index contributed by atoms with van der Waals surface area (Å²) >= 11 is 6.54. The smallest absolute Gasteiger partial charge is 0.374 e. The number of carbonyl (C=O) groups excluding carboxylic acids is 1. The topological polar surface area (TPSA) is 93.1 Å². The van der Waals surface area contributed by atoms with Crippen molar-refractivity contribution in [2.24, 2.45) is 5.92 Å². The van der Waals surface area contributed by atoms with Crippen molar-refractivity contribution in [2.75, 3.05) is 18.1 Å². The minimum absolute atomic E-state index is 0.0706. The van der Waals surface area contributed by atoms with Crippen LogP contribution < -0.4 is 10.6 Å². The highest BCUT2D eigenvalue weighted by Crippen LogP contribution is 2.33. The van der Waals surface area contributed by atoms with E-state index in [-0.39, 0.29) is 21.9 Å². The number of aromatic nitrogens is 2. The Kier molecular flexibility index (Phi) is 8.41. The van der Waals surface area contributed by atoms with Gasteiger partial charge < -0.3 is 10.6 Å². The zero-order valence-electron chi connectivity index (χ0n) is 19.8. The predicted octanol–water partition coefficient (Wildman–Crippen LogP) is 4.92. The summed E-state index contributed by atoms with van der Waals surface area (Å²) in [4.78, 5) is 12.8. The van der Waals surface area contributed by atoms with Crippen LogP contribution in [0.25, 0.3) is 11.3 Å². The Morgan fingerprint density at radius 3 is 2.31 bits per heavy atom. The number of aryl methyl sites for hydroxylation is 1. The summed E-state index contributed by atoms with van der Waals surface area (Å²) in [5, 5.41) is 9.46. The third-order valence-corrected chi connectivity index (χ3v) is 8.43. The maximum atomic E-state index is 12.8. The number of sulfone groups is 1. The second kappa shape index (κ2) is 10.8. The third-order valence-electron chi connectivity index (χ3n) is 6.39. The summed E-state index contributed by atoms with van der Waals surface area (Å²) in [5.41, 5.74) is 1.50. The lowest BCUT2D eigenvalue weighted by molar-refractivity contribution is -0.138. The van der Waals surface area contributed by atoms with Crippen molar-refractivity contribution < 1.29 is 26.4 Å². The number of hydrogen-bond acceptors (Lipinski definition) is 5. The van der Waals surface area contributed by atoms with E-state index in [1.807, 2.05) is 6.92 Å². The molecule has 12 heteroatoms. The van der Waals surface area contributed by atoms with Crippen LogP contribution in [-0.4, -0.2) is 54.4 Å². The Hall–Kier alpha value is -2.27. The molecule has 194 valence electrons. The largest absolute Gasteiger partial charge is 0.408 e. The fourth-order valence-electron chi connectivity index (χ4n) is 4.23. The van der Waals surface area contributed by atoms with Crippen LogP contribution in [0.4, 0.5) is 18.9 Å². The van der Waals surface area contributed by atoms with Crippen molar-refractivity contribution in [2.45, 2.75) is 63.5 Å². The van der Waals surface area contributed by atoms with Gasteiger partial charge in [-0.25, -0.2) is 8.42 Å². The first-order valence-electron chi connectivity index (χ1n) is 11.5. The number of amides is 1. The molecular weight excluding hydrogens is 505 g/mol. The molecule has 0 radical (unpaired) electrons. The molecule has 1 aromatic carbocycles. The van der Waals surface area contributed by atoms with Crippen molar-refractivity contribution in [1.82, 2.24) is 15.1 Å². The Labute approximate surface area is 208 Å². The zero-order chi connectivity index (χ0) is 26.0. The van der Waals surface area contributed by atoms with E-state index in [9.17, 15) is 26.4 Å². The highest BCUT2D eigenvalue weighted by molar-refractivity contribution is 7.91. The van der Waals surface area contributed by atoms with Crippen molar-refractivity contribution >= 4 is 33.0 Å². The van der Waals surface area contributed by atoms with Crippen molar-refractivity contribution in [3.63, 3.8) is 0 Å². The fourth-order valence-corrected chi connectivity index (χ4v) is 5.69. The van der Waals surface area contributed by atoms with Gasteiger partial charge in [0.05, 0.1) is 16.0 Å². The first kappa shape index (κ1) is 27.3. The van der Waals surface area contributed by atoms with Gasteiger partial charge in [0.25, 0.3) is 5.91 Å². The highest BCUT2D eigenvalue weighted by atomic mass is 35.5. The minimum Gasteiger partial charge on any atom is -0.374 e. The standard InChI is InChI=1S/C23H30ClF3N4O3S/c1-4-31-21(16-7-9-17(10-8-16)29-14(2)23(25,26)27)19(24)20(30-31)22(32)28-13-15-5-11-18(12-6-15)35(3,33)34/h7-10,14-15,18,29H,4-6,11-13H2,1-3H3,(H,28,32). The molecule has 2 N–H and O–H groups in total. The predicted molar refractivity (Wildman–Crippen MR) is 130 cm³/mol. The monoisotopic (exact) mass is 534 g/mol. The van der Waals surface area contributed by atoms with Gasteiger partial charge in [-0.15, -0.1) is 0 Å². The average molecular weight is 535 g/mol. The van der Waals surface area contributed by atoms with E-state index in [0.717, 1.165) is 6.92 Å². The molecule has 7 nitrogen and oxygen atoms in total. The number of anilines is 1. The molecule has 1 aliphatic carbocycles. The number of halogens is 4. The molecule has 1 saturated carbocycles. The first-order chi connectivity index (χ1) is 16.3. The van der Waals surface area contributed by atoms with Gasteiger partial charge in [0, 0.05) is 30.6 Å². The summed E-state index contributed by atoms with van der Waals surface area (Å²) in [6, 6.07) is 4.60. The van der Waals surface area contributed by atoms with E-state index in [1.165, 1.54) is 18.4 Å². The van der Waals surface area contributed by atoms with E-state index in [2.05, 4.69) is 15.7 Å². The van der Waals surface area contributed by atoms with E-state index in [0.29, 0.717) is 55.7 Å². The summed E-state index contributed by atoms with van der Waals surface area (Å²) in [6.07, 6.45) is -0.501. The van der Waals surface area contributed by atoms with Crippen LogP contribution in [-0.2, 0) is 16.4 Å². The molecule has 1 amide bonds. The number of nitrogens with one attached hydrogen (secondary N) is 2. The van der Waals surface area contributed by atoms with Gasteiger partial charge in [0.1, 0.15) is 15.9 Å². The number of rotatable bonds is 8. The molecular formula is C23H30ClF3N4O3S. The quantitative estimate of drug-likeness (QED) is 0.501. The van der Waals surface area contributed by atoms with Gasteiger partial charge in [-0.2, -0.15) is 18.3 Å².